The van der Waals surface area contributed by atoms with Crippen molar-refractivity contribution < 1.29 is 13.2 Å². The van der Waals surface area contributed by atoms with Crippen molar-refractivity contribution >= 4 is 73.7 Å². The molecule has 0 saturated carbocycles. The van der Waals surface area contributed by atoms with Crippen LogP contribution < -0.4 is 9.62 Å². The van der Waals surface area contributed by atoms with Gasteiger partial charge in [-0.05, 0) is 48.5 Å². The Labute approximate surface area is 194 Å². The van der Waals surface area contributed by atoms with Crippen molar-refractivity contribution in [3.05, 3.63) is 86.8 Å². The lowest BCUT2D eigenvalue weighted by Gasteiger charge is -2.25. The molecule has 0 aliphatic carbocycles. The second-order valence-corrected chi connectivity index (χ2v) is 9.71. The van der Waals surface area contributed by atoms with Gasteiger partial charge in [-0.3, -0.25) is 9.10 Å². The molecule has 0 atom stereocenters. The molecule has 0 bridgehead atoms. The Morgan fingerprint density at radius 3 is 2.07 bits per heavy atom. The summed E-state index contributed by atoms with van der Waals surface area (Å²) in [5.41, 5.74) is 0.445. The number of hydrogen-bond acceptors (Lipinski definition) is 3. The highest BCUT2D eigenvalue weighted by Gasteiger charge is 2.28. The summed E-state index contributed by atoms with van der Waals surface area (Å²) in [7, 11) is -4.10. The first-order chi connectivity index (χ1) is 14.2. The molecule has 0 unspecified atom stereocenters. The molecule has 3 rings (SSSR count). The fourth-order valence-corrected chi connectivity index (χ4v) is 5.21. The van der Waals surface area contributed by atoms with E-state index < -0.39 is 22.5 Å². The summed E-state index contributed by atoms with van der Waals surface area (Å²) in [4.78, 5) is 12.7. The third kappa shape index (κ3) is 5.39. The van der Waals surface area contributed by atoms with Gasteiger partial charge in [0.1, 0.15) is 6.54 Å². The van der Waals surface area contributed by atoms with Gasteiger partial charge >= 0.3 is 0 Å². The number of carbonyl (C=O) groups excluding carboxylic acids is 1. The zero-order valence-corrected chi connectivity index (χ0v) is 19.0. The molecule has 5 nitrogen and oxygen atoms in total. The predicted molar refractivity (Wildman–Crippen MR) is 123 cm³/mol. The topological polar surface area (TPSA) is 66.5 Å². The first-order valence-electron chi connectivity index (χ1n) is 8.45. The molecule has 30 heavy (non-hydrogen) atoms. The fourth-order valence-electron chi connectivity index (χ4n) is 2.66. The van der Waals surface area contributed by atoms with E-state index in [2.05, 4.69) is 5.32 Å². The van der Waals surface area contributed by atoms with Gasteiger partial charge in [-0.15, -0.1) is 0 Å². The lowest BCUT2D eigenvalue weighted by atomic mass is 10.3. The first kappa shape index (κ1) is 22.7. The molecule has 0 radical (unpaired) electrons. The maximum absolute atomic E-state index is 13.3. The second-order valence-electron chi connectivity index (χ2n) is 6.13. The first-order valence-corrected chi connectivity index (χ1v) is 11.4. The average molecular weight is 504 g/mol. The van der Waals surface area contributed by atoms with E-state index in [1.807, 2.05) is 0 Å². The molecular formula is C20H14Cl4N2O3S. The average Bonchev–Trinajstić information content (AvgIpc) is 2.66. The zero-order valence-electron chi connectivity index (χ0n) is 15.2. The Bertz CT molecular complexity index is 1170. The summed E-state index contributed by atoms with van der Waals surface area (Å²) < 4.78 is 27.5. The smallest absolute Gasteiger partial charge is 0.264 e. The van der Waals surface area contributed by atoms with Gasteiger partial charge in [0.15, 0.2) is 0 Å². The van der Waals surface area contributed by atoms with E-state index in [1.54, 1.807) is 18.2 Å². The van der Waals surface area contributed by atoms with Crippen molar-refractivity contribution in [2.75, 3.05) is 16.2 Å². The van der Waals surface area contributed by atoms with Crippen molar-refractivity contribution in [3.8, 4) is 0 Å². The number of benzene rings is 3. The van der Waals surface area contributed by atoms with Crippen LogP contribution in [0.25, 0.3) is 0 Å². The van der Waals surface area contributed by atoms with Crippen LogP contribution in [0.1, 0.15) is 0 Å². The lowest BCUT2D eigenvalue weighted by molar-refractivity contribution is -0.114. The van der Waals surface area contributed by atoms with Crippen LogP contribution in [0.3, 0.4) is 0 Å². The number of amides is 1. The lowest BCUT2D eigenvalue weighted by Crippen LogP contribution is -2.38. The fraction of sp³-hybridized carbons (Fsp3) is 0.0500. The van der Waals surface area contributed by atoms with E-state index in [-0.39, 0.29) is 15.6 Å². The van der Waals surface area contributed by atoms with E-state index in [4.69, 9.17) is 46.4 Å². The number of rotatable bonds is 6. The highest BCUT2D eigenvalue weighted by Crippen LogP contribution is 2.32. The Kier molecular flexibility index (Phi) is 7.16. The van der Waals surface area contributed by atoms with Gasteiger partial charge < -0.3 is 5.32 Å². The summed E-state index contributed by atoms with van der Waals surface area (Å²) in [5.74, 6) is -0.612. The molecule has 156 valence electrons. The van der Waals surface area contributed by atoms with Gasteiger partial charge in [0, 0.05) is 20.8 Å². The maximum Gasteiger partial charge on any atom is 0.264 e. The zero-order chi connectivity index (χ0) is 21.9. The number of carbonyl (C=O) groups is 1. The van der Waals surface area contributed by atoms with Crippen LogP contribution in [0, 0.1) is 0 Å². The minimum Gasteiger partial charge on any atom is -0.324 e. The molecule has 0 heterocycles. The van der Waals surface area contributed by atoms with E-state index in [0.717, 1.165) is 4.31 Å². The number of nitrogens with one attached hydrogen (secondary N) is 1. The van der Waals surface area contributed by atoms with Crippen LogP contribution in [0.15, 0.2) is 71.6 Å². The molecular weight excluding hydrogens is 490 g/mol. The SMILES string of the molecule is O=C(CN(c1ccc(Cl)cc1Cl)S(=O)(=O)c1ccccc1)Nc1cc(Cl)cc(Cl)c1. The van der Waals surface area contributed by atoms with Gasteiger partial charge in [-0.25, -0.2) is 8.42 Å². The third-order valence-electron chi connectivity index (χ3n) is 3.94. The molecule has 0 aromatic heterocycles. The number of anilines is 2. The molecule has 0 aliphatic heterocycles. The van der Waals surface area contributed by atoms with Crippen LogP contribution in [0.5, 0.6) is 0 Å². The van der Waals surface area contributed by atoms with Gasteiger partial charge in [0.25, 0.3) is 10.0 Å². The van der Waals surface area contributed by atoms with Gasteiger partial charge in [-0.1, -0.05) is 64.6 Å². The Balaban J connectivity index is 1.98. The molecule has 0 aliphatic rings. The van der Waals surface area contributed by atoms with E-state index in [1.165, 1.54) is 48.5 Å². The minimum absolute atomic E-state index is 0.00890. The van der Waals surface area contributed by atoms with Crippen molar-refractivity contribution in [1.82, 2.24) is 0 Å². The Hall–Kier alpha value is -1.96. The monoisotopic (exact) mass is 502 g/mol. The number of nitrogens with zero attached hydrogens (tertiary/aromatic N) is 1. The highest BCUT2D eigenvalue weighted by molar-refractivity contribution is 7.92. The molecule has 0 saturated heterocycles. The third-order valence-corrected chi connectivity index (χ3v) is 6.69. The highest BCUT2D eigenvalue weighted by atomic mass is 35.5. The van der Waals surface area contributed by atoms with Crippen LogP contribution >= 0.6 is 46.4 Å². The summed E-state index contributed by atoms with van der Waals surface area (Å²) in [5, 5.41) is 3.66. The molecule has 0 fully saturated rings. The van der Waals surface area contributed by atoms with Crippen molar-refractivity contribution in [2.24, 2.45) is 0 Å². The minimum atomic E-state index is -4.10. The number of halogens is 4. The number of sulfonamides is 1. The van der Waals surface area contributed by atoms with Crippen LogP contribution in [0.2, 0.25) is 20.1 Å². The van der Waals surface area contributed by atoms with Gasteiger partial charge in [-0.2, -0.15) is 0 Å². The van der Waals surface area contributed by atoms with Crippen LogP contribution in [-0.2, 0) is 14.8 Å². The standard InChI is InChI=1S/C20H14Cl4N2O3S/c21-13-6-7-19(18(24)11-13)26(30(28,29)17-4-2-1-3-5-17)12-20(27)25-16-9-14(22)8-15(23)10-16/h1-11H,12H2,(H,25,27). The summed E-state index contributed by atoms with van der Waals surface area (Å²) in [6, 6.07) is 16.6. The van der Waals surface area contributed by atoms with E-state index in [9.17, 15) is 13.2 Å². The summed E-state index contributed by atoms with van der Waals surface area (Å²) in [6.45, 7) is -0.539. The van der Waals surface area contributed by atoms with Crippen molar-refractivity contribution in [3.63, 3.8) is 0 Å². The molecule has 3 aromatic rings. The van der Waals surface area contributed by atoms with Crippen molar-refractivity contribution in [1.29, 1.82) is 0 Å². The summed E-state index contributed by atoms with van der Waals surface area (Å²) >= 11 is 24.1. The normalized spacial score (nSPS) is 11.2. The quantitative estimate of drug-likeness (QED) is 0.439. The molecule has 1 amide bonds. The second kappa shape index (κ2) is 9.45. The van der Waals surface area contributed by atoms with Crippen molar-refractivity contribution in [2.45, 2.75) is 4.90 Å². The predicted octanol–water partition coefficient (Wildman–Crippen LogP) is 6.13. The van der Waals surface area contributed by atoms with Crippen LogP contribution in [0.4, 0.5) is 11.4 Å². The molecule has 10 heteroatoms. The maximum atomic E-state index is 13.3. The van der Waals surface area contributed by atoms with E-state index >= 15 is 0 Å². The molecule has 1 N–H and O–H groups in total. The van der Waals surface area contributed by atoms with E-state index in [0.29, 0.717) is 20.8 Å². The van der Waals surface area contributed by atoms with Gasteiger partial charge in [0.05, 0.1) is 15.6 Å². The van der Waals surface area contributed by atoms with Crippen LogP contribution in [-0.4, -0.2) is 20.9 Å². The van der Waals surface area contributed by atoms with Gasteiger partial charge in [0.2, 0.25) is 5.91 Å². The molecule has 0 spiro atoms. The largest absolute Gasteiger partial charge is 0.324 e. The Morgan fingerprint density at radius 2 is 1.47 bits per heavy atom. The number of hydrogen-bond donors (Lipinski definition) is 1. The Morgan fingerprint density at radius 1 is 0.833 bits per heavy atom. The molecule has 3 aromatic carbocycles. The summed E-state index contributed by atoms with van der Waals surface area (Å²) in [6.07, 6.45) is 0.